The summed E-state index contributed by atoms with van der Waals surface area (Å²) in [5.74, 6) is -0.359. The highest BCUT2D eigenvalue weighted by Crippen LogP contribution is 2.24. The van der Waals surface area contributed by atoms with Gasteiger partial charge in [0.2, 0.25) is 0 Å². The van der Waals surface area contributed by atoms with Gasteiger partial charge in [0.1, 0.15) is 5.82 Å². The fraction of sp³-hybridized carbons (Fsp3) is 0.364. The van der Waals surface area contributed by atoms with Crippen molar-refractivity contribution >= 4 is 11.9 Å². The van der Waals surface area contributed by atoms with Gasteiger partial charge in [-0.3, -0.25) is 4.99 Å². The molecule has 2 nitrogen and oxygen atoms in total. The Bertz CT molecular complexity index is 381. The Hall–Kier alpha value is -1.38. The maximum Gasteiger partial charge on any atom is 0.147 e. The quantitative estimate of drug-likeness (QED) is 0.566. The van der Waals surface area contributed by atoms with Crippen molar-refractivity contribution in [3.63, 3.8) is 0 Å². The molecule has 0 amide bonds. The molecule has 0 aromatic heterocycles. The van der Waals surface area contributed by atoms with Gasteiger partial charge in [0, 0.05) is 11.8 Å². The van der Waals surface area contributed by atoms with Gasteiger partial charge in [-0.05, 0) is 37.5 Å². The number of benzene rings is 1. The molecule has 1 aliphatic carbocycles. The molecule has 74 valence electrons. The predicted molar refractivity (Wildman–Crippen MR) is 56.2 cm³/mol. The van der Waals surface area contributed by atoms with E-state index < -0.39 is 0 Å². The number of aryl methyl sites for hydroxylation is 1. The van der Waals surface area contributed by atoms with Crippen LogP contribution in [0.5, 0.6) is 0 Å². The van der Waals surface area contributed by atoms with Gasteiger partial charge in [-0.1, -0.05) is 0 Å². The first-order chi connectivity index (χ1) is 6.66. The first kappa shape index (κ1) is 9.19. The standard InChI is InChI=1S/C11H13FN2/c1-7-4-8(6-14-9-2-3-9)11(13)10(12)5-7/h4-6,9H,2-3,13H2,1H3. The largest absolute Gasteiger partial charge is 0.396 e. The van der Waals surface area contributed by atoms with E-state index in [1.807, 2.05) is 13.0 Å². The molecule has 1 aliphatic rings. The van der Waals surface area contributed by atoms with E-state index >= 15 is 0 Å². The highest BCUT2D eigenvalue weighted by Gasteiger charge is 2.19. The third-order valence-corrected chi connectivity index (χ3v) is 2.28. The van der Waals surface area contributed by atoms with Crippen LogP contribution in [0.3, 0.4) is 0 Å². The summed E-state index contributed by atoms with van der Waals surface area (Å²) in [6.45, 7) is 1.84. The van der Waals surface area contributed by atoms with Gasteiger partial charge < -0.3 is 5.73 Å². The summed E-state index contributed by atoms with van der Waals surface area (Å²) in [7, 11) is 0. The molecule has 0 saturated heterocycles. The average Bonchev–Trinajstić information content (AvgIpc) is 2.92. The summed E-state index contributed by atoms with van der Waals surface area (Å²) in [6, 6.07) is 3.73. The molecule has 3 heteroatoms. The highest BCUT2D eigenvalue weighted by atomic mass is 19.1. The van der Waals surface area contributed by atoms with E-state index in [9.17, 15) is 4.39 Å². The minimum atomic E-state index is -0.359. The maximum atomic E-state index is 13.2. The van der Waals surface area contributed by atoms with Crippen molar-refractivity contribution in [3.05, 3.63) is 29.1 Å². The Kier molecular flexibility index (Phi) is 2.23. The zero-order valence-electron chi connectivity index (χ0n) is 8.13. The summed E-state index contributed by atoms with van der Waals surface area (Å²) in [5.41, 5.74) is 7.34. The minimum Gasteiger partial charge on any atom is -0.396 e. The summed E-state index contributed by atoms with van der Waals surface area (Å²) in [4.78, 5) is 4.28. The van der Waals surface area contributed by atoms with Gasteiger partial charge in [-0.15, -0.1) is 0 Å². The topological polar surface area (TPSA) is 38.4 Å². The number of halogens is 1. The Balaban J connectivity index is 2.30. The minimum absolute atomic E-state index is 0.194. The molecular weight excluding hydrogens is 179 g/mol. The molecule has 0 bridgehead atoms. The first-order valence-electron chi connectivity index (χ1n) is 4.75. The number of hydrogen-bond acceptors (Lipinski definition) is 2. The van der Waals surface area contributed by atoms with Gasteiger partial charge in [0.15, 0.2) is 0 Å². The van der Waals surface area contributed by atoms with Crippen LogP contribution in [0, 0.1) is 12.7 Å². The fourth-order valence-electron chi connectivity index (χ4n) is 1.30. The fourth-order valence-corrected chi connectivity index (χ4v) is 1.30. The Labute approximate surface area is 82.7 Å². The third-order valence-electron chi connectivity index (χ3n) is 2.28. The SMILES string of the molecule is Cc1cc(F)c(N)c(C=NC2CC2)c1. The number of nitrogen functional groups attached to an aromatic ring is 1. The van der Waals surface area contributed by atoms with Crippen molar-refractivity contribution in [3.8, 4) is 0 Å². The van der Waals surface area contributed by atoms with E-state index in [0.717, 1.165) is 18.4 Å². The van der Waals surface area contributed by atoms with Crippen LogP contribution in [-0.4, -0.2) is 12.3 Å². The molecule has 1 aromatic carbocycles. The van der Waals surface area contributed by atoms with Crippen molar-refractivity contribution in [2.75, 3.05) is 5.73 Å². The smallest absolute Gasteiger partial charge is 0.147 e. The van der Waals surface area contributed by atoms with Crippen LogP contribution in [0.15, 0.2) is 17.1 Å². The van der Waals surface area contributed by atoms with Crippen LogP contribution in [0.25, 0.3) is 0 Å². The maximum absolute atomic E-state index is 13.2. The van der Waals surface area contributed by atoms with Gasteiger partial charge in [0.05, 0.1) is 11.7 Å². The van der Waals surface area contributed by atoms with Gasteiger partial charge in [-0.2, -0.15) is 0 Å². The van der Waals surface area contributed by atoms with Crippen LogP contribution in [0.2, 0.25) is 0 Å². The van der Waals surface area contributed by atoms with E-state index in [1.165, 1.54) is 6.07 Å². The summed E-state index contributed by atoms with van der Waals surface area (Å²) in [5, 5.41) is 0. The van der Waals surface area contributed by atoms with E-state index in [4.69, 9.17) is 5.73 Å². The molecule has 14 heavy (non-hydrogen) atoms. The number of nitrogens with two attached hydrogens (primary N) is 1. The molecule has 2 rings (SSSR count). The molecule has 1 aromatic rings. The Morgan fingerprint density at radius 3 is 2.86 bits per heavy atom. The molecule has 0 spiro atoms. The molecule has 0 heterocycles. The van der Waals surface area contributed by atoms with Crippen molar-refractivity contribution in [1.82, 2.24) is 0 Å². The summed E-state index contributed by atoms with van der Waals surface area (Å²) in [6.07, 6.45) is 3.97. The molecular formula is C11H13FN2. The number of rotatable bonds is 2. The molecule has 0 aliphatic heterocycles. The molecule has 2 N–H and O–H groups in total. The monoisotopic (exact) mass is 192 g/mol. The zero-order valence-corrected chi connectivity index (χ0v) is 8.13. The van der Waals surface area contributed by atoms with Crippen LogP contribution >= 0.6 is 0 Å². The lowest BCUT2D eigenvalue weighted by Crippen LogP contribution is -1.98. The second kappa shape index (κ2) is 3.40. The molecule has 0 unspecified atom stereocenters. The Morgan fingerprint density at radius 2 is 2.21 bits per heavy atom. The first-order valence-corrected chi connectivity index (χ1v) is 4.75. The molecule has 0 atom stereocenters. The van der Waals surface area contributed by atoms with Crippen LogP contribution in [-0.2, 0) is 0 Å². The van der Waals surface area contributed by atoms with Crippen LogP contribution in [0.1, 0.15) is 24.0 Å². The van der Waals surface area contributed by atoms with Crippen molar-refractivity contribution < 1.29 is 4.39 Å². The normalized spacial score (nSPS) is 16.4. The van der Waals surface area contributed by atoms with Gasteiger partial charge in [0.25, 0.3) is 0 Å². The van der Waals surface area contributed by atoms with Crippen LogP contribution in [0.4, 0.5) is 10.1 Å². The summed E-state index contributed by atoms with van der Waals surface area (Å²) >= 11 is 0. The number of aliphatic imine (C=N–C) groups is 1. The van der Waals surface area contributed by atoms with Crippen molar-refractivity contribution in [2.24, 2.45) is 4.99 Å². The van der Waals surface area contributed by atoms with Gasteiger partial charge >= 0.3 is 0 Å². The number of nitrogens with zero attached hydrogens (tertiary/aromatic N) is 1. The van der Waals surface area contributed by atoms with Gasteiger partial charge in [-0.25, -0.2) is 4.39 Å². The molecule has 0 radical (unpaired) electrons. The van der Waals surface area contributed by atoms with Crippen molar-refractivity contribution in [2.45, 2.75) is 25.8 Å². The zero-order chi connectivity index (χ0) is 10.1. The van der Waals surface area contributed by atoms with Crippen molar-refractivity contribution in [1.29, 1.82) is 0 Å². The lowest BCUT2D eigenvalue weighted by Gasteiger charge is -2.03. The number of anilines is 1. The lowest BCUT2D eigenvalue weighted by molar-refractivity contribution is 0.631. The summed E-state index contributed by atoms with van der Waals surface area (Å²) < 4.78 is 13.2. The van der Waals surface area contributed by atoms with E-state index in [0.29, 0.717) is 11.6 Å². The second-order valence-corrected chi connectivity index (χ2v) is 3.76. The lowest BCUT2D eigenvalue weighted by atomic mass is 10.1. The Morgan fingerprint density at radius 1 is 1.50 bits per heavy atom. The van der Waals surface area contributed by atoms with Crippen LogP contribution < -0.4 is 5.73 Å². The van der Waals surface area contributed by atoms with E-state index in [2.05, 4.69) is 4.99 Å². The molecule has 1 fully saturated rings. The van der Waals surface area contributed by atoms with E-state index in [-0.39, 0.29) is 11.5 Å². The highest BCUT2D eigenvalue weighted by molar-refractivity contribution is 5.87. The van der Waals surface area contributed by atoms with E-state index in [1.54, 1.807) is 6.21 Å². The predicted octanol–water partition coefficient (Wildman–Crippen LogP) is 2.30. The number of hydrogen-bond donors (Lipinski definition) is 1. The molecule has 1 saturated carbocycles. The average molecular weight is 192 g/mol. The third kappa shape index (κ3) is 1.92. The second-order valence-electron chi connectivity index (χ2n) is 3.76.